The van der Waals surface area contributed by atoms with Crippen molar-refractivity contribution in [2.75, 3.05) is 6.61 Å². The number of carbonyl (C=O) groups is 2. The molecular weight excluding hydrogens is 460 g/mol. The van der Waals surface area contributed by atoms with Crippen LogP contribution in [0.15, 0.2) is 35.9 Å². The summed E-state index contributed by atoms with van der Waals surface area (Å²) >= 11 is 5.96. The molecule has 0 bridgehead atoms. The van der Waals surface area contributed by atoms with Crippen molar-refractivity contribution in [2.45, 2.75) is 90.6 Å². The van der Waals surface area contributed by atoms with Crippen LogP contribution in [-0.4, -0.2) is 24.0 Å². The van der Waals surface area contributed by atoms with Crippen molar-refractivity contribution >= 4 is 23.4 Å². The Morgan fingerprint density at radius 3 is 2.51 bits per heavy atom. The summed E-state index contributed by atoms with van der Waals surface area (Å²) in [5, 5.41) is 0.640. The Morgan fingerprint density at radius 1 is 1.03 bits per heavy atom. The molecule has 0 aromatic heterocycles. The Bertz CT molecular complexity index is 1020. The van der Waals surface area contributed by atoms with Gasteiger partial charge in [-0.2, -0.15) is 0 Å². The van der Waals surface area contributed by atoms with E-state index in [4.69, 9.17) is 21.1 Å². The third-order valence-electron chi connectivity index (χ3n) is 10.4. The minimum Gasteiger partial charge on any atom is -0.482 e. The van der Waals surface area contributed by atoms with Gasteiger partial charge in [-0.3, -0.25) is 4.79 Å². The van der Waals surface area contributed by atoms with Crippen LogP contribution in [0.5, 0.6) is 5.75 Å². The molecule has 35 heavy (non-hydrogen) atoms. The van der Waals surface area contributed by atoms with Gasteiger partial charge in [0.2, 0.25) is 0 Å². The number of ketones is 1. The molecule has 3 saturated carbocycles. The molecule has 4 nitrogen and oxygen atoms in total. The molecule has 3 fully saturated rings. The molecule has 1 aromatic rings. The number of carbonyl (C=O) groups excluding carboxylic acids is 2. The normalized spacial score (nSPS) is 38.1. The van der Waals surface area contributed by atoms with E-state index >= 15 is 0 Å². The highest BCUT2D eigenvalue weighted by Gasteiger charge is 2.65. The molecule has 4 aliphatic carbocycles. The van der Waals surface area contributed by atoms with Crippen LogP contribution in [0.2, 0.25) is 5.02 Å². The zero-order chi connectivity index (χ0) is 24.8. The summed E-state index contributed by atoms with van der Waals surface area (Å²) in [5.74, 6) is 2.50. The second-order valence-electron chi connectivity index (χ2n) is 11.9. The summed E-state index contributed by atoms with van der Waals surface area (Å²) in [6.45, 7) is 6.94. The molecule has 0 amide bonds. The first-order valence-electron chi connectivity index (χ1n) is 13.5. The summed E-state index contributed by atoms with van der Waals surface area (Å²) in [4.78, 5) is 25.2. The quantitative estimate of drug-likeness (QED) is 0.385. The third kappa shape index (κ3) is 4.14. The molecule has 1 aromatic carbocycles. The van der Waals surface area contributed by atoms with E-state index in [1.165, 1.54) is 5.57 Å². The van der Waals surface area contributed by atoms with E-state index in [-0.39, 0.29) is 23.4 Å². The smallest absolute Gasteiger partial charge is 0.344 e. The third-order valence-corrected chi connectivity index (χ3v) is 10.6. The Morgan fingerprint density at radius 2 is 1.77 bits per heavy atom. The van der Waals surface area contributed by atoms with Gasteiger partial charge in [-0.15, -0.1) is 0 Å². The fourth-order valence-electron chi connectivity index (χ4n) is 8.61. The van der Waals surface area contributed by atoms with Gasteiger partial charge in [-0.25, -0.2) is 4.79 Å². The van der Waals surface area contributed by atoms with E-state index in [1.54, 1.807) is 24.3 Å². The Labute approximate surface area is 214 Å². The predicted molar refractivity (Wildman–Crippen MR) is 137 cm³/mol. The number of hydrogen-bond acceptors (Lipinski definition) is 4. The number of esters is 1. The lowest BCUT2D eigenvalue weighted by atomic mass is 9.46. The highest BCUT2D eigenvalue weighted by molar-refractivity contribution is 6.30. The highest BCUT2D eigenvalue weighted by atomic mass is 35.5. The van der Waals surface area contributed by atoms with Crippen molar-refractivity contribution in [3.63, 3.8) is 0 Å². The molecule has 0 aliphatic heterocycles. The summed E-state index contributed by atoms with van der Waals surface area (Å²) in [7, 11) is 0. The Balaban J connectivity index is 1.34. The number of benzene rings is 1. The molecule has 0 radical (unpaired) electrons. The van der Waals surface area contributed by atoms with Gasteiger partial charge in [0, 0.05) is 16.9 Å². The number of fused-ring (bicyclic) bond motifs is 5. The molecule has 0 saturated heterocycles. The fraction of sp³-hybridized carbons (Fsp3) is 0.667. The number of allylic oxidation sites excluding steroid dienone is 1. The molecule has 6 atom stereocenters. The number of hydrogen-bond donors (Lipinski definition) is 0. The van der Waals surface area contributed by atoms with Crippen molar-refractivity contribution in [3.05, 3.63) is 40.9 Å². The lowest BCUT2D eigenvalue weighted by molar-refractivity contribution is -0.188. The monoisotopic (exact) mass is 498 g/mol. The molecule has 4 aliphatic rings. The first-order valence-corrected chi connectivity index (χ1v) is 13.9. The largest absolute Gasteiger partial charge is 0.482 e. The predicted octanol–water partition coefficient (Wildman–Crippen LogP) is 7.33. The maximum atomic E-state index is 13.1. The number of ether oxygens (including phenoxy) is 2. The highest BCUT2D eigenvalue weighted by Crippen LogP contribution is 2.69. The second kappa shape index (κ2) is 9.25. The average Bonchev–Trinajstić information content (AvgIpc) is 3.11. The molecule has 190 valence electrons. The van der Waals surface area contributed by atoms with Gasteiger partial charge in [0.25, 0.3) is 0 Å². The summed E-state index contributed by atoms with van der Waals surface area (Å²) < 4.78 is 12.2. The van der Waals surface area contributed by atoms with E-state index in [0.29, 0.717) is 40.7 Å². The van der Waals surface area contributed by atoms with Crippen LogP contribution < -0.4 is 4.74 Å². The molecule has 0 heterocycles. The fourth-order valence-corrected chi connectivity index (χ4v) is 8.73. The Hall–Kier alpha value is -1.81. The van der Waals surface area contributed by atoms with Gasteiger partial charge >= 0.3 is 5.97 Å². The van der Waals surface area contributed by atoms with Crippen LogP contribution in [0.1, 0.15) is 85.0 Å². The lowest BCUT2D eigenvalue weighted by Gasteiger charge is -2.59. The van der Waals surface area contributed by atoms with Gasteiger partial charge in [0.1, 0.15) is 11.4 Å². The Kier molecular flexibility index (Phi) is 6.57. The molecule has 0 unspecified atom stereocenters. The topological polar surface area (TPSA) is 52.6 Å². The van der Waals surface area contributed by atoms with Crippen LogP contribution >= 0.6 is 11.6 Å². The van der Waals surface area contributed by atoms with E-state index in [2.05, 4.69) is 20.8 Å². The maximum absolute atomic E-state index is 13.1. The SMILES string of the molecule is CCC[C@]1(OC(=O)COc2ccc(Cl)cc2)CC[C@H]2[C@@H]3CCC4=CC(=O)CC[C@]4(C)[C@H]3CC[C@@]21C. The average molecular weight is 499 g/mol. The number of rotatable bonds is 6. The van der Waals surface area contributed by atoms with Crippen LogP contribution in [0.4, 0.5) is 0 Å². The van der Waals surface area contributed by atoms with Gasteiger partial charge in [0.05, 0.1) is 0 Å². The van der Waals surface area contributed by atoms with E-state index < -0.39 is 5.60 Å². The van der Waals surface area contributed by atoms with Crippen LogP contribution in [0, 0.1) is 28.6 Å². The van der Waals surface area contributed by atoms with Crippen LogP contribution in [0.3, 0.4) is 0 Å². The van der Waals surface area contributed by atoms with E-state index in [9.17, 15) is 9.59 Å². The minimum atomic E-state index is -0.419. The van der Waals surface area contributed by atoms with Gasteiger partial charge < -0.3 is 9.47 Å². The molecular formula is C30H39ClO4. The van der Waals surface area contributed by atoms with Crippen LogP contribution in [0.25, 0.3) is 0 Å². The van der Waals surface area contributed by atoms with Gasteiger partial charge in [0.15, 0.2) is 12.4 Å². The van der Waals surface area contributed by atoms with Crippen molar-refractivity contribution in [1.29, 1.82) is 0 Å². The van der Waals surface area contributed by atoms with Gasteiger partial charge in [-0.05, 0) is 105 Å². The summed E-state index contributed by atoms with van der Waals surface area (Å²) in [6.07, 6.45) is 12.1. The molecule has 0 spiro atoms. The van der Waals surface area contributed by atoms with Crippen molar-refractivity contribution in [2.24, 2.45) is 28.6 Å². The standard InChI is InChI=1S/C30H39ClO4/c1-4-14-30(35-27(33)19-34-23-8-6-21(31)7-9-23)17-13-26-24-10-5-20-18-22(32)11-15-28(20,2)25(24)12-16-29(26,30)3/h6-9,18,24-26H,4-5,10-17,19H2,1-3H3/t24-,25+,26+,28+,29+,30+/m1/s1. The number of halogens is 1. The molecule has 5 rings (SSSR count). The van der Waals surface area contributed by atoms with E-state index in [0.717, 1.165) is 57.8 Å². The lowest BCUT2D eigenvalue weighted by Crippen LogP contribution is -2.56. The van der Waals surface area contributed by atoms with Crippen molar-refractivity contribution < 1.29 is 19.1 Å². The van der Waals surface area contributed by atoms with Crippen molar-refractivity contribution in [3.8, 4) is 5.75 Å². The van der Waals surface area contributed by atoms with Crippen molar-refractivity contribution in [1.82, 2.24) is 0 Å². The summed E-state index contributed by atoms with van der Waals surface area (Å²) in [6, 6.07) is 7.07. The summed E-state index contributed by atoms with van der Waals surface area (Å²) in [5.41, 5.74) is 1.14. The van der Waals surface area contributed by atoms with E-state index in [1.807, 2.05) is 6.08 Å². The molecule has 0 N–H and O–H groups in total. The maximum Gasteiger partial charge on any atom is 0.344 e. The minimum absolute atomic E-state index is 0.0117. The molecule has 5 heteroatoms. The zero-order valence-electron chi connectivity index (χ0n) is 21.4. The van der Waals surface area contributed by atoms with Gasteiger partial charge in [-0.1, -0.05) is 44.4 Å². The second-order valence-corrected chi connectivity index (χ2v) is 12.4. The van der Waals surface area contributed by atoms with Crippen LogP contribution in [-0.2, 0) is 14.3 Å². The zero-order valence-corrected chi connectivity index (χ0v) is 22.2. The first-order chi connectivity index (χ1) is 16.7. The first kappa shape index (κ1) is 24.9.